The molecule has 3 rings (SSSR count). The lowest BCUT2D eigenvalue weighted by molar-refractivity contribution is 0.0485. The maximum Gasteiger partial charge on any atom is 0.408 e. The van der Waals surface area contributed by atoms with Gasteiger partial charge in [0.25, 0.3) is 0 Å². The van der Waals surface area contributed by atoms with Gasteiger partial charge in [-0.3, -0.25) is 4.98 Å². The van der Waals surface area contributed by atoms with Crippen molar-refractivity contribution in [2.24, 2.45) is 5.92 Å². The van der Waals surface area contributed by atoms with Crippen molar-refractivity contribution in [2.75, 3.05) is 11.9 Å². The number of rotatable bonds is 3. The third-order valence-corrected chi connectivity index (χ3v) is 4.20. The van der Waals surface area contributed by atoms with Crippen molar-refractivity contribution in [3.63, 3.8) is 0 Å². The first-order valence-electron chi connectivity index (χ1n) is 8.64. The molecule has 1 aromatic carbocycles. The fraction of sp³-hybridized carbons (Fsp3) is 0.400. The van der Waals surface area contributed by atoms with E-state index in [4.69, 9.17) is 4.74 Å². The van der Waals surface area contributed by atoms with Gasteiger partial charge in [0.2, 0.25) is 0 Å². The quantitative estimate of drug-likeness (QED) is 0.889. The van der Waals surface area contributed by atoms with Gasteiger partial charge in [-0.05, 0) is 44.9 Å². The Hall–Kier alpha value is -2.56. The molecule has 0 fully saturated rings. The Morgan fingerprint density at radius 2 is 2.00 bits per heavy atom. The Morgan fingerprint density at radius 3 is 2.72 bits per heavy atom. The summed E-state index contributed by atoms with van der Waals surface area (Å²) >= 11 is 0. The summed E-state index contributed by atoms with van der Waals surface area (Å²) in [6.45, 7) is 6.37. The molecule has 1 aromatic heterocycles. The van der Waals surface area contributed by atoms with Crippen molar-refractivity contribution in [1.82, 2.24) is 10.3 Å². The number of pyridine rings is 1. The fourth-order valence-electron chi connectivity index (χ4n) is 3.13. The first kappa shape index (κ1) is 17.3. The first-order chi connectivity index (χ1) is 11.9. The van der Waals surface area contributed by atoms with Gasteiger partial charge in [0.1, 0.15) is 5.60 Å². The molecule has 0 radical (unpaired) electrons. The van der Waals surface area contributed by atoms with Gasteiger partial charge < -0.3 is 15.4 Å². The van der Waals surface area contributed by atoms with Crippen LogP contribution < -0.4 is 10.6 Å². The number of ether oxygens (including phenoxy) is 1. The standard InChI is InChI=1S/C20H25N3O2/c1-20(2,3)25-19(24)23-18(14-8-5-4-6-9-14)15-12-17-16(22-13-15)10-7-11-21-17/h4-11,15,18,22H,12-13H2,1-3H3,(H,23,24)/t15-,18+/m0/s1. The molecule has 0 unspecified atom stereocenters. The number of alkyl carbamates (subject to hydrolysis) is 1. The van der Waals surface area contributed by atoms with E-state index in [0.717, 1.165) is 29.9 Å². The number of carbonyl (C=O) groups is 1. The molecule has 1 amide bonds. The number of carbonyl (C=O) groups excluding carboxylic acids is 1. The van der Waals surface area contributed by atoms with Gasteiger partial charge in [-0.2, -0.15) is 0 Å². The average Bonchev–Trinajstić information content (AvgIpc) is 2.58. The normalized spacial score (nSPS) is 17.8. The van der Waals surface area contributed by atoms with Crippen molar-refractivity contribution in [2.45, 2.75) is 38.8 Å². The third kappa shape index (κ3) is 4.50. The number of nitrogens with zero attached hydrogens (tertiary/aromatic N) is 1. The second-order valence-electron chi connectivity index (χ2n) is 7.38. The zero-order chi connectivity index (χ0) is 17.9. The molecule has 2 atom stereocenters. The molecule has 0 spiro atoms. The Morgan fingerprint density at radius 1 is 1.24 bits per heavy atom. The number of hydrogen-bond acceptors (Lipinski definition) is 4. The minimum absolute atomic E-state index is 0.140. The third-order valence-electron chi connectivity index (χ3n) is 4.20. The van der Waals surface area contributed by atoms with E-state index < -0.39 is 11.7 Å². The van der Waals surface area contributed by atoms with Gasteiger partial charge in [-0.25, -0.2) is 4.79 Å². The van der Waals surface area contributed by atoms with Crippen molar-refractivity contribution in [3.8, 4) is 0 Å². The van der Waals surface area contributed by atoms with Gasteiger partial charge in [0.05, 0.1) is 17.4 Å². The predicted molar refractivity (Wildman–Crippen MR) is 98.5 cm³/mol. The molecule has 0 saturated heterocycles. The zero-order valence-electron chi connectivity index (χ0n) is 15.0. The van der Waals surface area contributed by atoms with E-state index in [0.29, 0.717) is 0 Å². The Balaban J connectivity index is 1.81. The molecular formula is C20H25N3O2. The minimum atomic E-state index is -0.524. The molecule has 0 saturated carbocycles. The fourth-order valence-corrected chi connectivity index (χ4v) is 3.13. The molecular weight excluding hydrogens is 314 g/mol. The van der Waals surface area contributed by atoms with Gasteiger partial charge in [-0.15, -0.1) is 0 Å². The van der Waals surface area contributed by atoms with Gasteiger partial charge in [0.15, 0.2) is 0 Å². The van der Waals surface area contributed by atoms with E-state index in [-0.39, 0.29) is 12.0 Å². The Labute approximate surface area is 148 Å². The smallest absolute Gasteiger partial charge is 0.408 e. The maximum atomic E-state index is 12.4. The summed E-state index contributed by atoms with van der Waals surface area (Å²) < 4.78 is 5.46. The number of amides is 1. The molecule has 5 nitrogen and oxygen atoms in total. The monoisotopic (exact) mass is 339 g/mol. The summed E-state index contributed by atoms with van der Waals surface area (Å²) in [4.78, 5) is 16.8. The molecule has 0 bridgehead atoms. The Kier molecular flexibility index (Phi) is 4.93. The van der Waals surface area contributed by atoms with E-state index in [1.165, 1.54) is 0 Å². The largest absolute Gasteiger partial charge is 0.444 e. The van der Waals surface area contributed by atoms with E-state index >= 15 is 0 Å². The van der Waals surface area contributed by atoms with Gasteiger partial charge in [0, 0.05) is 18.7 Å². The summed E-state index contributed by atoms with van der Waals surface area (Å²) in [5, 5.41) is 6.49. The maximum absolute atomic E-state index is 12.4. The van der Waals surface area contributed by atoms with E-state index in [1.54, 1.807) is 0 Å². The van der Waals surface area contributed by atoms with Crippen LogP contribution in [0.1, 0.15) is 38.1 Å². The highest BCUT2D eigenvalue weighted by atomic mass is 16.6. The molecule has 2 heterocycles. The summed E-state index contributed by atoms with van der Waals surface area (Å²) in [6, 6.07) is 13.9. The average molecular weight is 339 g/mol. The van der Waals surface area contributed by atoms with Crippen LogP contribution in [0.15, 0.2) is 48.7 Å². The molecule has 1 aliphatic rings. The number of hydrogen-bond donors (Lipinski definition) is 2. The first-order valence-corrected chi connectivity index (χ1v) is 8.64. The van der Waals surface area contributed by atoms with E-state index in [9.17, 15) is 4.79 Å². The molecule has 2 N–H and O–H groups in total. The van der Waals surface area contributed by atoms with Crippen LogP contribution in [-0.4, -0.2) is 23.2 Å². The second-order valence-corrected chi connectivity index (χ2v) is 7.38. The molecule has 25 heavy (non-hydrogen) atoms. The SMILES string of the molecule is CC(C)(C)OC(=O)N[C@H](c1ccccc1)[C@@H]1CNc2cccnc2C1. The lowest BCUT2D eigenvalue weighted by Crippen LogP contribution is -2.41. The van der Waals surface area contributed by atoms with Crippen LogP contribution in [0.25, 0.3) is 0 Å². The topological polar surface area (TPSA) is 63.2 Å². The highest BCUT2D eigenvalue weighted by Crippen LogP contribution is 2.31. The van der Waals surface area contributed by atoms with E-state index in [2.05, 4.69) is 15.6 Å². The number of anilines is 1. The summed E-state index contributed by atoms with van der Waals surface area (Å²) in [5.74, 6) is 0.192. The number of benzene rings is 1. The lowest BCUT2D eigenvalue weighted by Gasteiger charge is -2.33. The second kappa shape index (κ2) is 7.13. The van der Waals surface area contributed by atoms with Crippen LogP contribution in [0.2, 0.25) is 0 Å². The summed E-state index contributed by atoms with van der Waals surface area (Å²) in [5.41, 5.74) is 2.65. The van der Waals surface area contributed by atoms with Gasteiger partial charge in [-0.1, -0.05) is 30.3 Å². The Bertz CT molecular complexity index is 725. The number of fused-ring (bicyclic) bond motifs is 1. The van der Waals surface area contributed by atoms with Gasteiger partial charge >= 0.3 is 6.09 Å². The molecule has 2 aromatic rings. The summed E-state index contributed by atoms with van der Waals surface area (Å²) in [7, 11) is 0. The predicted octanol–water partition coefficient (Wildman–Crippen LogP) is 3.93. The van der Waals surface area contributed by atoms with Crippen LogP contribution in [0.4, 0.5) is 10.5 Å². The van der Waals surface area contributed by atoms with E-state index in [1.807, 2.05) is 69.4 Å². The van der Waals surface area contributed by atoms with Crippen molar-refractivity contribution in [1.29, 1.82) is 0 Å². The van der Waals surface area contributed by atoms with Crippen molar-refractivity contribution in [3.05, 3.63) is 59.9 Å². The highest BCUT2D eigenvalue weighted by Gasteiger charge is 2.30. The van der Waals surface area contributed by atoms with Crippen LogP contribution in [-0.2, 0) is 11.2 Å². The lowest BCUT2D eigenvalue weighted by atomic mass is 9.86. The minimum Gasteiger partial charge on any atom is -0.444 e. The highest BCUT2D eigenvalue weighted by molar-refractivity contribution is 5.68. The molecule has 5 heteroatoms. The molecule has 1 aliphatic heterocycles. The summed E-state index contributed by atoms with van der Waals surface area (Å²) in [6.07, 6.45) is 2.22. The van der Waals surface area contributed by atoms with Crippen LogP contribution in [0.3, 0.4) is 0 Å². The van der Waals surface area contributed by atoms with Crippen LogP contribution in [0, 0.1) is 5.92 Å². The van der Waals surface area contributed by atoms with Crippen molar-refractivity contribution < 1.29 is 9.53 Å². The van der Waals surface area contributed by atoms with Crippen LogP contribution in [0.5, 0.6) is 0 Å². The molecule has 0 aliphatic carbocycles. The van der Waals surface area contributed by atoms with Crippen molar-refractivity contribution >= 4 is 11.8 Å². The zero-order valence-corrected chi connectivity index (χ0v) is 15.0. The van der Waals surface area contributed by atoms with Crippen LogP contribution >= 0.6 is 0 Å². The molecule has 132 valence electrons. The number of nitrogens with one attached hydrogen (secondary N) is 2. The number of aromatic nitrogens is 1.